The van der Waals surface area contributed by atoms with E-state index in [0.29, 0.717) is 40.4 Å². The quantitative estimate of drug-likeness (QED) is 0.464. The zero-order chi connectivity index (χ0) is 22.2. The minimum Gasteiger partial charge on any atom is -0.497 e. The van der Waals surface area contributed by atoms with Gasteiger partial charge in [0.25, 0.3) is 0 Å². The third kappa shape index (κ3) is 4.40. The van der Waals surface area contributed by atoms with Crippen LogP contribution in [0.5, 0.6) is 5.75 Å². The SMILES string of the molecule is COc1ccc(S(=O)(=O)c2nc(-c3ccc(Cl)cc3Cl)oc2N2CCC(C)CC2)cc1. The fraction of sp³-hybridized carbons (Fsp3) is 0.318. The van der Waals surface area contributed by atoms with Crippen molar-refractivity contribution >= 4 is 38.9 Å². The van der Waals surface area contributed by atoms with Gasteiger partial charge in [-0.25, -0.2) is 8.42 Å². The van der Waals surface area contributed by atoms with Crippen LogP contribution in [-0.2, 0) is 9.84 Å². The number of piperidine rings is 1. The number of halogens is 2. The lowest BCUT2D eigenvalue weighted by Crippen LogP contribution is -2.33. The molecule has 2 heterocycles. The lowest BCUT2D eigenvalue weighted by Gasteiger charge is -2.30. The summed E-state index contributed by atoms with van der Waals surface area (Å²) in [6, 6.07) is 11.1. The van der Waals surface area contributed by atoms with Crippen molar-refractivity contribution in [2.45, 2.75) is 29.7 Å². The smallest absolute Gasteiger partial charge is 0.236 e. The Bertz CT molecular complexity index is 1180. The number of ether oxygens (including phenoxy) is 1. The van der Waals surface area contributed by atoms with Crippen LogP contribution in [0.15, 0.2) is 56.8 Å². The van der Waals surface area contributed by atoms with E-state index in [9.17, 15) is 8.42 Å². The molecule has 0 saturated carbocycles. The van der Waals surface area contributed by atoms with E-state index in [0.717, 1.165) is 12.8 Å². The summed E-state index contributed by atoms with van der Waals surface area (Å²) in [6.45, 7) is 3.57. The fourth-order valence-corrected chi connectivity index (χ4v) is 5.34. The van der Waals surface area contributed by atoms with Crippen molar-refractivity contribution in [2.75, 3.05) is 25.1 Å². The molecule has 1 saturated heterocycles. The zero-order valence-corrected chi connectivity index (χ0v) is 19.5. The molecule has 31 heavy (non-hydrogen) atoms. The molecule has 1 aliphatic rings. The summed E-state index contributed by atoms with van der Waals surface area (Å²) in [5.74, 6) is 1.52. The van der Waals surface area contributed by atoms with Crippen molar-refractivity contribution in [3.05, 3.63) is 52.5 Å². The number of hydrogen-bond donors (Lipinski definition) is 0. The van der Waals surface area contributed by atoms with Crippen LogP contribution < -0.4 is 9.64 Å². The molecule has 9 heteroatoms. The van der Waals surface area contributed by atoms with Gasteiger partial charge in [0.05, 0.1) is 22.6 Å². The number of rotatable bonds is 5. The van der Waals surface area contributed by atoms with Crippen LogP contribution in [0.25, 0.3) is 11.5 Å². The first-order chi connectivity index (χ1) is 14.8. The summed E-state index contributed by atoms with van der Waals surface area (Å²) >= 11 is 12.3. The Labute approximate surface area is 191 Å². The van der Waals surface area contributed by atoms with E-state index in [1.807, 2.05) is 4.90 Å². The Kier molecular flexibility index (Phi) is 6.19. The van der Waals surface area contributed by atoms with Gasteiger partial charge in [-0.15, -0.1) is 0 Å². The molecule has 4 rings (SSSR count). The van der Waals surface area contributed by atoms with Gasteiger partial charge in [-0.3, -0.25) is 0 Å². The Morgan fingerprint density at radius 3 is 2.39 bits per heavy atom. The summed E-state index contributed by atoms with van der Waals surface area (Å²) in [5.41, 5.74) is 0.480. The predicted octanol–water partition coefficient (Wildman–Crippen LogP) is 5.73. The van der Waals surface area contributed by atoms with Crippen LogP contribution in [0, 0.1) is 5.92 Å². The molecule has 0 aliphatic carbocycles. The highest BCUT2D eigenvalue weighted by Gasteiger charge is 2.33. The van der Waals surface area contributed by atoms with Crippen LogP contribution in [0.2, 0.25) is 10.0 Å². The molecule has 0 N–H and O–H groups in total. The molecule has 1 aliphatic heterocycles. The largest absolute Gasteiger partial charge is 0.497 e. The number of aromatic nitrogens is 1. The Hall–Kier alpha value is -2.22. The molecular formula is C22H22Cl2N2O4S. The van der Waals surface area contributed by atoms with Crippen LogP contribution >= 0.6 is 23.2 Å². The highest BCUT2D eigenvalue weighted by molar-refractivity contribution is 7.91. The number of anilines is 1. The van der Waals surface area contributed by atoms with E-state index in [1.165, 1.54) is 19.2 Å². The van der Waals surface area contributed by atoms with E-state index in [2.05, 4.69) is 11.9 Å². The van der Waals surface area contributed by atoms with E-state index in [1.54, 1.807) is 30.3 Å². The molecule has 0 amide bonds. The van der Waals surface area contributed by atoms with Gasteiger partial charge in [-0.2, -0.15) is 4.98 Å². The lowest BCUT2D eigenvalue weighted by molar-refractivity contribution is 0.414. The second-order valence-electron chi connectivity index (χ2n) is 7.60. The van der Waals surface area contributed by atoms with Crippen LogP contribution in [0.4, 0.5) is 5.88 Å². The maximum Gasteiger partial charge on any atom is 0.236 e. The van der Waals surface area contributed by atoms with Crippen molar-refractivity contribution in [1.29, 1.82) is 0 Å². The minimum atomic E-state index is -3.94. The molecule has 1 aromatic heterocycles. The summed E-state index contributed by atoms with van der Waals surface area (Å²) < 4.78 is 38.2. The van der Waals surface area contributed by atoms with Gasteiger partial charge in [0.15, 0.2) is 0 Å². The van der Waals surface area contributed by atoms with Gasteiger partial charge in [0.2, 0.25) is 26.6 Å². The van der Waals surface area contributed by atoms with Gasteiger partial charge >= 0.3 is 0 Å². The van der Waals surface area contributed by atoms with E-state index in [-0.39, 0.29) is 21.7 Å². The van der Waals surface area contributed by atoms with Crippen LogP contribution in [-0.4, -0.2) is 33.6 Å². The molecule has 0 atom stereocenters. The highest BCUT2D eigenvalue weighted by atomic mass is 35.5. The van der Waals surface area contributed by atoms with Gasteiger partial charge in [0.1, 0.15) is 5.75 Å². The van der Waals surface area contributed by atoms with Crippen molar-refractivity contribution in [1.82, 2.24) is 4.98 Å². The normalized spacial score (nSPS) is 15.3. The van der Waals surface area contributed by atoms with Crippen molar-refractivity contribution in [2.24, 2.45) is 5.92 Å². The molecule has 0 spiro atoms. The van der Waals surface area contributed by atoms with E-state index < -0.39 is 9.84 Å². The number of benzene rings is 2. The molecule has 3 aromatic rings. The number of sulfone groups is 1. The highest BCUT2D eigenvalue weighted by Crippen LogP contribution is 2.39. The van der Waals surface area contributed by atoms with E-state index >= 15 is 0 Å². The predicted molar refractivity (Wildman–Crippen MR) is 121 cm³/mol. The maximum absolute atomic E-state index is 13.5. The van der Waals surface area contributed by atoms with Crippen molar-refractivity contribution < 1.29 is 17.6 Å². The number of methoxy groups -OCH3 is 1. The average molecular weight is 481 g/mol. The first-order valence-electron chi connectivity index (χ1n) is 9.90. The Morgan fingerprint density at radius 2 is 1.77 bits per heavy atom. The van der Waals surface area contributed by atoms with Crippen LogP contribution in [0.1, 0.15) is 19.8 Å². The van der Waals surface area contributed by atoms with Gasteiger partial charge < -0.3 is 14.1 Å². The average Bonchev–Trinajstić information content (AvgIpc) is 3.20. The summed E-state index contributed by atoms with van der Waals surface area (Å²) in [6.07, 6.45) is 1.89. The first kappa shape index (κ1) is 22.0. The topological polar surface area (TPSA) is 72.6 Å². The monoisotopic (exact) mass is 480 g/mol. The molecule has 2 aromatic carbocycles. The number of hydrogen-bond acceptors (Lipinski definition) is 6. The number of oxazole rings is 1. The van der Waals surface area contributed by atoms with Gasteiger partial charge in [-0.05, 0) is 61.2 Å². The van der Waals surface area contributed by atoms with Gasteiger partial charge in [-0.1, -0.05) is 30.1 Å². The Morgan fingerprint density at radius 1 is 1.10 bits per heavy atom. The first-order valence-corrected chi connectivity index (χ1v) is 12.1. The van der Waals surface area contributed by atoms with Crippen LogP contribution in [0.3, 0.4) is 0 Å². The van der Waals surface area contributed by atoms with Crippen molar-refractivity contribution in [3.63, 3.8) is 0 Å². The molecule has 0 unspecified atom stereocenters. The summed E-state index contributed by atoms with van der Waals surface area (Å²) in [7, 11) is -2.41. The Balaban J connectivity index is 1.83. The third-order valence-corrected chi connectivity index (χ3v) is 7.65. The third-order valence-electron chi connectivity index (χ3n) is 5.44. The molecule has 6 nitrogen and oxygen atoms in total. The standard InChI is InChI=1S/C22H22Cl2N2O4S/c1-14-9-11-26(12-10-14)22-21(31(27,28)17-6-4-16(29-2)5-7-17)25-20(30-22)18-8-3-15(23)13-19(18)24/h3-8,13-14H,9-12H2,1-2H3. The lowest BCUT2D eigenvalue weighted by atomic mass is 9.99. The minimum absolute atomic E-state index is 0.113. The molecule has 1 fully saturated rings. The molecule has 0 bridgehead atoms. The van der Waals surface area contributed by atoms with Crippen molar-refractivity contribution in [3.8, 4) is 17.2 Å². The number of nitrogens with zero attached hydrogens (tertiary/aromatic N) is 2. The summed E-state index contributed by atoms with van der Waals surface area (Å²) in [5, 5.41) is 0.686. The van der Waals surface area contributed by atoms with Gasteiger partial charge in [0, 0.05) is 18.1 Å². The van der Waals surface area contributed by atoms with E-state index in [4.69, 9.17) is 32.4 Å². The zero-order valence-electron chi connectivity index (χ0n) is 17.1. The summed E-state index contributed by atoms with van der Waals surface area (Å²) in [4.78, 5) is 6.45. The second-order valence-corrected chi connectivity index (χ2v) is 10.3. The second kappa shape index (κ2) is 8.73. The molecule has 164 valence electrons. The maximum atomic E-state index is 13.5. The molecule has 0 radical (unpaired) electrons. The fourth-order valence-electron chi connectivity index (χ4n) is 3.53. The molecular weight excluding hydrogens is 459 g/mol.